The van der Waals surface area contributed by atoms with Crippen LogP contribution in [0.1, 0.15) is 22.6 Å². The van der Waals surface area contributed by atoms with Crippen LogP contribution in [0.5, 0.6) is 0 Å². The third-order valence-electron chi connectivity index (χ3n) is 7.16. The Hall–Kier alpha value is -3.00. The minimum Gasteiger partial charge on any atom is -0.394 e. The second-order valence-corrected chi connectivity index (χ2v) is 9.22. The maximum Gasteiger partial charge on any atom is 0.242 e. The van der Waals surface area contributed by atoms with Gasteiger partial charge in [0.2, 0.25) is 11.8 Å². The van der Waals surface area contributed by atoms with Crippen molar-refractivity contribution in [2.75, 3.05) is 52.5 Å². The van der Waals surface area contributed by atoms with Crippen LogP contribution < -0.4 is 0 Å². The van der Waals surface area contributed by atoms with Gasteiger partial charge in [-0.05, 0) is 16.7 Å². The molecule has 2 aromatic rings. The van der Waals surface area contributed by atoms with Crippen molar-refractivity contribution in [1.29, 1.82) is 0 Å². The lowest BCUT2D eigenvalue weighted by Crippen LogP contribution is -2.73. The van der Waals surface area contributed by atoms with Gasteiger partial charge in [-0.2, -0.15) is 0 Å². The van der Waals surface area contributed by atoms with Gasteiger partial charge in [-0.3, -0.25) is 14.5 Å². The van der Waals surface area contributed by atoms with Gasteiger partial charge in [0.1, 0.15) is 0 Å². The van der Waals surface area contributed by atoms with E-state index in [1.54, 1.807) is 9.80 Å². The monoisotopic (exact) mass is 461 g/mol. The molecule has 0 unspecified atom stereocenters. The zero-order chi connectivity index (χ0) is 23.5. The van der Waals surface area contributed by atoms with Crippen molar-refractivity contribution < 1.29 is 19.4 Å². The summed E-state index contributed by atoms with van der Waals surface area (Å²) >= 11 is 0. The predicted molar refractivity (Wildman–Crippen MR) is 130 cm³/mol. The summed E-state index contributed by atoms with van der Waals surface area (Å²) < 4.78 is 5.36. The van der Waals surface area contributed by atoms with E-state index in [-0.39, 0.29) is 43.0 Å². The molecule has 34 heavy (non-hydrogen) atoms. The maximum absolute atomic E-state index is 12.9. The van der Waals surface area contributed by atoms with E-state index >= 15 is 0 Å². The summed E-state index contributed by atoms with van der Waals surface area (Å²) in [5.41, 5.74) is 3.32. The van der Waals surface area contributed by atoms with Gasteiger partial charge in [-0.15, -0.1) is 0 Å². The Kier molecular flexibility index (Phi) is 6.76. The lowest BCUT2D eigenvalue weighted by molar-refractivity contribution is -0.167. The summed E-state index contributed by atoms with van der Waals surface area (Å²) in [5, 5.41) is 10.0. The van der Waals surface area contributed by atoms with E-state index in [0.717, 1.165) is 29.8 Å². The second kappa shape index (κ2) is 10.1. The molecule has 3 aliphatic rings. The van der Waals surface area contributed by atoms with E-state index in [4.69, 9.17) is 4.74 Å². The predicted octanol–water partition coefficient (Wildman–Crippen LogP) is 1.69. The van der Waals surface area contributed by atoms with E-state index in [1.165, 1.54) is 0 Å². The zero-order valence-electron chi connectivity index (χ0n) is 19.3. The highest BCUT2D eigenvalue weighted by atomic mass is 16.5. The molecule has 3 heterocycles. The molecule has 3 fully saturated rings. The largest absolute Gasteiger partial charge is 0.394 e. The van der Waals surface area contributed by atoms with Crippen LogP contribution in [-0.4, -0.2) is 96.2 Å². The minimum absolute atomic E-state index is 0.0116. The third kappa shape index (κ3) is 4.64. The number of benzene rings is 2. The van der Waals surface area contributed by atoms with Crippen molar-refractivity contribution in [1.82, 2.24) is 14.7 Å². The highest BCUT2D eigenvalue weighted by Crippen LogP contribution is 2.43. The summed E-state index contributed by atoms with van der Waals surface area (Å²) in [6, 6.07) is 18.1. The lowest BCUT2D eigenvalue weighted by Gasteiger charge is -2.58. The number of rotatable bonds is 6. The number of carbonyl (C=O) groups excluding carboxylic acids is 2. The molecule has 7 nitrogen and oxygen atoms in total. The van der Waals surface area contributed by atoms with Crippen LogP contribution in [-0.2, 0) is 14.3 Å². The summed E-state index contributed by atoms with van der Waals surface area (Å²) in [7, 11) is 0. The van der Waals surface area contributed by atoms with Gasteiger partial charge < -0.3 is 19.6 Å². The first-order valence-corrected chi connectivity index (χ1v) is 12.0. The molecule has 0 aromatic heterocycles. The quantitative estimate of drug-likeness (QED) is 0.663. The van der Waals surface area contributed by atoms with E-state index in [0.29, 0.717) is 26.3 Å². The van der Waals surface area contributed by atoms with E-state index < -0.39 is 0 Å². The Morgan fingerprint density at radius 2 is 1.68 bits per heavy atom. The van der Waals surface area contributed by atoms with Gasteiger partial charge in [-0.25, -0.2) is 0 Å². The number of hydrogen-bond donors (Lipinski definition) is 1. The maximum atomic E-state index is 12.9. The van der Waals surface area contributed by atoms with Gasteiger partial charge in [0, 0.05) is 25.6 Å². The Balaban J connectivity index is 1.27. The van der Waals surface area contributed by atoms with Crippen molar-refractivity contribution >= 4 is 24.0 Å². The fraction of sp³-hybridized carbons (Fsp3) is 0.407. The number of nitrogens with zero attached hydrogens (tertiary/aromatic N) is 3. The van der Waals surface area contributed by atoms with Crippen LogP contribution >= 0.6 is 0 Å². The first-order chi connectivity index (χ1) is 16.6. The molecule has 1 N–H and O–H groups in total. The molecule has 3 atom stereocenters. The minimum atomic E-state index is -0.236. The molecule has 0 saturated carbocycles. The number of hydrogen-bond acceptors (Lipinski definition) is 5. The molecule has 7 heteroatoms. The van der Waals surface area contributed by atoms with Gasteiger partial charge in [0.05, 0.1) is 45.0 Å². The number of carbonyl (C=O) groups is 2. The average Bonchev–Trinajstić information content (AvgIpc) is 2.86. The number of aliphatic hydroxyl groups is 1. The fourth-order valence-corrected chi connectivity index (χ4v) is 5.33. The second-order valence-electron chi connectivity index (χ2n) is 9.22. The van der Waals surface area contributed by atoms with Gasteiger partial charge in [0.15, 0.2) is 0 Å². The molecular weight excluding hydrogens is 430 g/mol. The highest BCUT2D eigenvalue weighted by Gasteiger charge is 2.54. The van der Waals surface area contributed by atoms with E-state index in [9.17, 15) is 14.7 Å². The molecule has 3 aliphatic heterocycles. The van der Waals surface area contributed by atoms with Crippen LogP contribution in [0.25, 0.3) is 12.2 Å². The topological polar surface area (TPSA) is 73.3 Å². The Morgan fingerprint density at radius 1 is 1.00 bits per heavy atom. The summed E-state index contributed by atoms with van der Waals surface area (Å²) in [4.78, 5) is 31.4. The zero-order valence-corrected chi connectivity index (χ0v) is 19.3. The molecule has 0 aliphatic carbocycles. The van der Waals surface area contributed by atoms with Gasteiger partial charge in [0.25, 0.3) is 0 Å². The summed E-state index contributed by atoms with van der Waals surface area (Å²) in [6.45, 7) is 3.59. The number of piperazine rings is 1. The summed E-state index contributed by atoms with van der Waals surface area (Å²) in [5.74, 6) is -0.0770. The molecule has 178 valence electrons. The van der Waals surface area contributed by atoms with Crippen molar-refractivity contribution in [3.8, 4) is 0 Å². The van der Waals surface area contributed by atoms with Crippen LogP contribution in [0.3, 0.4) is 0 Å². The highest BCUT2D eigenvalue weighted by molar-refractivity contribution is 5.88. The smallest absolute Gasteiger partial charge is 0.242 e. The first kappa shape index (κ1) is 22.8. The normalized spacial score (nSPS) is 25.3. The number of aliphatic hydroxyl groups excluding tert-OH is 1. The van der Waals surface area contributed by atoms with Gasteiger partial charge in [-0.1, -0.05) is 66.7 Å². The molecule has 2 aromatic carbocycles. The average molecular weight is 462 g/mol. The lowest BCUT2D eigenvalue weighted by atomic mass is 9.73. The first-order valence-electron chi connectivity index (χ1n) is 12.0. The van der Waals surface area contributed by atoms with E-state index in [2.05, 4.69) is 53.5 Å². The Bertz CT molecular complexity index is 1030. The fourth-order valence-electron chi connectivity index (χ4n) is 5.33. The third-order valence-corrected chi connectivity index (χ3v) is 7.16. The van der Waals surface area contributed by atoms with Crippen molar-refractivity contribution in [2.45, 2.75) is 18.0 Å². The molecule has 3 saturated heterocycles. The van der Waals surface area contributed by atoms with Crippen LogP contribution in [0.4, 0.5) is 0 Å². The standard InChI is InChI=1S/C27H31N3O4/c31-19-24-27(22-10-8-21(9-11-22)7-6-20-4-2-1-3-5-20)23-16-29(18-26(33)30(23)24)25(32)17-28-12-14-34-15-13-28/h1-11,23-24,27,31H,12-19H2/b7-6+/t23-,24-,27+/m1/s1. The van der Waals surface area contributed by atoms with Gasteiger partial charge >= 0.3 is 0 Å². The number of amides is 2. The molecule has 0 bridgehead atoms. The number of fused-ring (bicyclic) bond motifs is 1. The molecule has 5 rings (SSSR count). The van der Waals surface area contributed by atoms with E-state index in [1.807, 2.05) is 18.2 Å². The summed E-state index contributed by atoms with van der Waals surface area (Å²) in [6.07, 6.45) is 4.15. The van der Waals surface area contributed by atoms with Crippen molar-refractivity contribution in [2.24, 2.45) is 0 Å². The molecule has 2 amide bonds. The SMILES string of the molecule is O=C(CN1CCOCC1)N1CC(=O)N2[C@H](CO)[C@@H](c3ccc(/C=C/c4ccccc4)cc3)[C@H]2C1. The molecule has 0 radical (unpaired) electrons. The van der Waals surface area contributed by atoms with Crippen LogP contribution in [0.2, 0.25) is 0 Å². The molecule has 0 spiro atoms. The van der Waals surface area contributed by atoms with Crippen molar-refractivity contribution in [3.05, 3.63) is 71.3 Å². The van der Waals surface area contributed by atoms with Crippen LogP contribution in [0, 0.1) is 0 Å². The Labute approximate surface area is 200 Å². The number of morpholine rings is 1. The number of ether oxygens (including phenoxy) is 1. The molecular formula is C27H31N3O4. The van der Waals surface area contributed by atoms with Crippen molar-refractivity contribution in [3.63, 3.8) is 0 Å². The Morgan fingerprint density at radius 3 is 2.35 bits per heavy atom. The van der Waals surface area contributed by atoms with Crippen LogP contribution in [0.15, 0.2) is 54.6 Å².